The molecule has 18 heavy (non-hydrogen) atoms. The Kier molecular flexibility index (Phi) is 5.74. The van der Waals surface area contributed by atoms with Crippen LogP contribution in [0.5, 0.6) is 11.5 Å². The maximum atomic E-state index is 11.9. The van der Waals surface area contributed by atoms with E-state index in [2.05, 4.69) is 5.32 Å². The standard InChI is InChI=1S/C12H16N2O3.ClH/c13-5-2-6-14-12(15)9-3-1-4-10-11(9)17-8-7-16-10;/h1,3-4H,2,5-8,13H2,(H,14,15);1H. The Hall–Kier alpha value is -1.46. The summed E-state index contributed by atoms with van der Waals surface area (Å²) < 4.78 is 10.9. The van der Waals surface area contributed by atoms with E-state index in [4.69, 9.17) is 15.2 Å². The number of hydrogen-bond donors (Lipinski definition) is 2. The summed E-state index contributed by atoms with van der Waals surface area (Å²) in [5.74, 6) is 1.01. The zero-order valence-corrected chi connectivity index (χ0v) is 10.8. The molecule has 0 saturated heterocycles. The summed E-state index contributed by atoms with van der Waals surface area (Å²) in [6.07, 6.45) is 0.762. The van der Waals surface area contributed by atoms with Crippen LogP contribution in [0.4, 0.5) is 0 Å². The molecule has 1 aliphatic heterocycles. The highest BCUT2D eigenvalue weighted by atomic mass is 35.5. The number of ether oxygens (including phenoxy) is 2. The van der Waals surface area contributed by atoms with Gasteiger partial charge in [-0.15, -0.1) is 12.4 Å². The monoisotopic (exact) mass is 272 g/mol. The molecule has 0 unspecified atom stereocenters. The van der Waals surface area contributed by atoms with Crippen LogP contribution in [0, 0.1) is 0 Å². The molecule has 2 rings (SSSR count). The van der Waals surface area contributed by atoms with Gasteiger partial charge >= 0.3 is 0 Å². The fourth-order valence-electron chi connectivity index (χ4n) is 1.65. The molecule has 1 aromatic carbocycles. The Morgan fingerprint density at radius 1 is 1.33 bits per heavy atom. The van der Waals surface area contributed by atoms with Gasteiger partial charge in [0.05, 0.1) is 5.56 Å². The molecule has 1 aromatic rings. The van der Waals surface area contributed by atoms with Gasteiger partial charge in [0.2, 0.25) is 0 Å². The molecule has 1 aliphatic rings. The van der Waals surface area contributed by atoms with Crippen LogP contribution in [0.25, 0.3) is 0 Å². The molecule has 0 spiro atoms. The van der Waals surface area contributed by atoms with Gasteiger partial charge in [0.15, 0.2) is 11.5 Å². The van der Waals surface area contributed by atoms with Gasteiger partial charge in [-0.05, 0) is 25.1 Å². The van der Waals surface area contributed by atoms with Crippen LogP contribution in [0.2, 0.25) is 0 Å². The van der Waals surface area contributed by atoms with Crippen molar-refractivity contribution in [1.82, 2.24) is 5.32 Å². The highest BCUT2D eigenvalue weighted by molar-refractivity contribution is 5.97. The Balaban J connectivity index is 0.00000162. The molecule has 0 aliphatic carbocycles. The first-order valence-electron chi connectivity index (χ1n) is 5.70. The highest BCUT2D eigenvalue weighted by Gasteiger charge is 2.19. The van der Waals surface area contributed by atoms with Crippen molar-refractivity contribution >= 4 is 18.3 Å². The first-order chi connectivity index (χ1) is 8.33. The predicted octanol–water partition coefficient (Wildman–Crippen LogP) is 0.958. The average Bonchev–Trinajstić information content (AvgIpc) is 2.38. The van der Waals surface area contributed by atoms with Gasteiger partial charge in [-0.1, -0.05) is 6.07 Å². The molecule has 0 bridgehead atoms. The maximum Gasteiger partial charge on any atom is 0.255 e. The van der Waals surface area contributed by atoms with E-state index in [1.54, 1.807) is 18.2 Å². The minimum Gasteiger partial charge on any atom is -0.486 e. The lowest BCUT2D eigenvalue weighted by molar-refractivity contribution is 0.0942. The van der Waals surface area contributed by atoms with Crippen LogP contribution in [0.1, 0.15) is 16.8 Å². The van der Waals surface area contributed by atoms with Crippen molar-refractivity contribution in [2.45, 2.75) is 6.42 Å². The lowest BCUT2D eigenvalue weighted by Gasteiger charge is -2.20. The molecule has 1 amide bonds. The van der Waals surface area contributed by atoms with E-state index in [-0.39, 0.29) is 18.3 Å². The zero-order chi connectivity index (χ0) is 12.1. The molecule has 1 heterocycles. The van der Waals surface area contributed by atoms with Crippen molar-refractivity contribution in [2.24, 2.45) is 5.73 Å². The number of fused-ring (bicyclic) bond motifs is 1. The molecular weight excluding hydrogens is 256 g/mol. The Morgan fingerprint density at radius 2 is 2.11 bits per heavy atom. The number of halogens is 1. The lowest BCUT2D eigenvalue weighted by atomic mass is 10.1. The van der Waals surface area contributed by atoms with E-state index in [1.807, 2.05) is 0 Å². The third kappa shape index (κ3) is 3.27. The largest absolute Gasteiger partial charge is 0.486 e. The lowest BCUT2D eigenvalue weighted by Crippen LogP contribution is -2.27. The van der Waals surface area contributed by atoms with Crippen molar-refractivity contribution in [3.63, 3.8) is 0 Å². The summed E-state index contributed by atoms with van der Waals surface area (Å²) in [6, 6.07) is 5.31. The molecule has 0 aromatic heterocycles. The summed E-state index contributed by atoms with van der Waals surface area (Å²) in [7, 11) is 0. The number of nitrogens with two attached hydrogens (primary N) is 1. The van der Waals surface area contributed by atoms with E-state index >= 15 is 0 Å². The SMILES string of the molecule is Cl.NCCCNC(=O)c1cccc2c1OCCO2. The molecule has 0 saturated carbocycles. The molecule has 0 atom stereocenters. The van der Waals surface area contributed by atoms with Gasteiger partial charge in [-0.3, -0.25) is 4.79 Å². The van der Waals surface area contributed by atoms with Crippen molar-refractivity contribution < 1.29 is 14.3 Å². The predicted molar refractivity (Wildman–Crippen MR) is 70.7 cm³/mol. The van der Waals surface area contributed by atoms with Crippen LogP contribution in [0.15, 0.2) is 18.2 Å². The van der Waals surface area contributed by atoms with Crippen molar-refractivity contribution in [2.75, 3.05) is 26.3 Å². The molecule has 0 fully saturated rings. The molecule has 5 nitrogen and oxygen atoms in total. The number of nitrogens with one attached hydrogen (secondary N) is 1. The smallest absolute Gasteiger partial charge is 0.255 e. The second-order valence-corrected chi connectivity index (χ2v) is 3.73. The second kappa shape index (κ2) is 7.08. The van der Waals surface area contributed by atoms with Gasteiger partial charge in [0.1, 0.15) is 13.2 Å². The molecular formula is C12H17ClN2O3. The number of para-hydroxylation sites is 1. The van der Waals surface area contributed by atoms with E-state index in [1.165, 1.54) is 0 Å². The Labute approximate surface area is 112 Å². The van der Waals surface area contributed by atoms with Gasteiger partial charge in [-0.2, -0.15) is 0 Å². The minimum atomic E-state index is -0.152. The van der Waals surface area contributed by atoms with Crippen LogP contribution < -0.4 is 20.5 Å². The number of carbonyl (C=O) groups is 1. The van der Waals surface area contributed by atoms with Crippen LogP contribution in [0.3, 0.4) is 0 Å². The zero-order valence-electron chi connectivity index (χ0n) is 9.98. The average molecular weight is 273 g/mol. The molecule has 0 radical (unpaired) electrons. The van der Waals surface area contributed by atoms with E-state index in [9.17, 15) is 4.79 Å². The summed E-state index contributed by atoms with van der Waals surface area (Å²) >= 11 is 0. The Bertz CT molecular complexity index is 412. The quantitative estimate of drug-likeness (QED) is 0.801. The van der Waals surface area contributed by atoms with Gasteiger partial charge in [0.25, 0.3) is 5.91 Å². The molecule has 100 valence electrons. The maximum absolute atomic E-state index is 11.9. The van der Waals surface area contributed by atoms with Crippen molar-refractivity contribution in [3.05, 3.63) is 23.8 Å². The number of hydrogen-bond acceptors (Lipinski definition) is 4. The number of benzene rings is 1. The first kappa shape index (κ1) is 14.6. The topological polar surface area (TPSA) is 73.6 Å². The second-order valence-electron chi connectivity index (χ2n) is 3.73. The summed E-state index contributed by atoms with van der Waals surface area (Å²) in [5, 5.41) is 2.80. The number of carbonyl (C=O) groups excluding carboxylic acids is 1. The molecule has 6 heteroatoms. The van der Waals surface area contributed by atoms with Crippen LogP contribution in [-0.2, 0) is 0 Å². The normalized spacial score (nSPS) is 12.5. The summed E-state index contributed by atoms with van der Waals surface area (Å²) in [5.41, 5.74) is 5.88. The van der Waals surface area contributed by atoms with Crippen molar-refractivity contribution in [3.8, 4) is 11.5 Å². The van der Waals surface area contributed by atoms with E-state index < -0.39 is 0 Å². The van der Waals surface area contributed by atoms with Gasteiger partial charge < -0.3 is 20.5 Å². The molecule has 3 N–H and O–H groups in total. The number of rotatable bonds is 4. The van der Waals surface area contributed by atoms with Gasteiger partial charge in [-0.25, -0.2) is 0 Å². The third-order valence-electron chi connectivity index (χ3n) is 2.48. The van der Waals surface area contributed by atoms with E-state index in [0.717, 1.165) is 6.42 Å². The third-order valence-corrected chi connectivity index (χ3v) is 2.48. The fourth-order valence-corrected chi connectivity index (χ4v) is 1.65. The van der Waals surface area contributed by atoms with Gasteiger partial charge in [0, 0.05) is 6.54 Å². The van der Waals surface area contributed by atoms with Crippen molar-refractivity contribution in [1.29, 1.82) is 0 Å². The Morgan fingerprint density at radius 3 is 2.89 bits per heavy atom. The first-order valence-corrected chi connectivity index (χ1v) is 5.70. The van der Waals surface area contributed by atoms with Crippen LogP contribution >= 0.6 is 12.4 Å². The summed E-state index contributed by atoms with van der Waals surface area (Å²) in [4.78, 5) is 11.9. The van der Waals surface area contributed by atoms with Crippen LogP contribution in [-0.4, -0.2) is 32.2 Å². The van der Waals surface area contributed by atoms with E-state index in [0.29, 0.717) is 43.4 Å². The summed E-state index contributed by atoms with van der Waals surface area (Å²) in [6.45, 7) is 2.12. The minimum absolute atomic E-state index is 0. The highest BCUT2D eigenvalue weighted by Crippen LogP contribution is 2.33. The fraction of sp³-hybridized carbons (Fsp3) is 0.417. The number of amides is 1.